The molecule has 144 valence electrons. The highest BCUT2D eigenvalue weighted by molar-refractivity contribution is 5.99. The molecule has 4 aliphatic rings. The second-order valence-corrected chi connectivity index (χ2v) is 8.29. The molecule has 1 aliphatic carbocycles. The maximum absolute atomic E-state index is 14.2. The van der Waals surface area contributed by atoms with Crippen molar-refractivity contribution in [1.82, 2.24) is 9.80 Å². The van der Waals surface area contributed by atoms with Crippen molar-refractivity contribution in [2.24, 2.45) is 5.92 Å². The van der Waals surface area contributed by atoms with E-state index in [0.29, 0.717) is 19.6 Å². The Morgan fingerprint density at radius 2 is 1.81 bits per heavy atom. The van der Waals surface area contributed by atoms with Gasteiger partial charge in [-0.2, -0.15) is 0 Å². The van der Waals surface area contributed by atoms with Crippen molar-refractivity contribution in [2.45, 2.75) is 43.7 Å². The number of nitrogens with zero attached hydrogens (tertiary/aromatic N) is 3. The Balaban J connectivity index is 1.32. The van der Waals surface area contributed by atoms with Crippen LogP contribution >= 0.6 is 0 Å². The predicted molar refractivity (Wildman–Crippen MR) is 95.6 cm³/mol. The van der Waals surface area contributed by atoms with Crippen LogP contribution in [0, 0.1) is 5.92 Å². The summed E-state index contributed by atoms with van der Waals surface area (Å²) in [5.74, 6) is -2.80. The lowest BCUT2D eigenvalue weighted by Gasteiger charge is -2.46. The lowest BCUT2D eigenvalue weighted by atomic mass is 10.0. The molecular weight excluding hydrogens is 352 g/mol. The molecule has 3 aliphatic heterocycles. The number of anilines is 1. The highest BCUT2D eigenvalue weighted by Crippen LogP contribution is 2.39. The zero-order chi connectivity index (χ0) is 18.8. The summed E-state index contributed by atoms with van der Waals surface area (Å²) in [5, 5.41) is 0. The third kappa shape index (κ3) is 2.92. The number of fused-ring (bicyclic) bond motifs is 1. The maximum Gasteiger partial charge on any atom is 0.262 e. The van der Waals surface area contributed by atoms with Gasteiger partial charge in [0, 0.05) is 43.7 Å². The van der Waals surface area contributed by atoms with Crippen molar-refractivity contribution in [2.75, 3.05) is 31.1 Å². The van der Waals surface area contributed by atoms with Crippen LogP contribution in [-0.2, 0) is 16.0 Å². The number of rotatable bonds is 3. The quantitative estimate of drug-likeness (QED) is 0.811. The molecule has 5 nitrogen and oxygen atoms in total. The maximum atomic E-state index is 14.2. The molecule has 7 heteroatoms. The van der Waals surface area contributed by atoms with Gasteiger partial charge in [-0.05, 0) is 30.9 Å². The fraction of sp³-hybridized carbons (Fsp3) is 0.600. The number of carbonyl (C=O) groups excluding carboxylic acids is 2. The largest absolute Gasteiger partial charge is 0.339 e. The van der Waals surface area contributed by atoms with Gasteiger partial charge in [-0.25, -0.2) is 8.78 Å². The average Bonchev–Trinajstić information content (AvgIpc) is 3.28. The van der Waals surface area contributed by atoms with Gasteiger partial charge < -0.3 is 9.80 Å². The van der Waals surface area contributed by atoms with Crippen molar-refractivity contribution in [3.05, 3.63) is 29.8 Å². The fourth-order valence-corrected chi connectivity index (χ4v) is 4.64. The van der Waals surface area contributed by atoms with Gasteiger partial charge in [-0.1, -0.05) is 18.2 Å². The highest BCUT2D eigenvalue weighted by Gasteiger charge is 2.54. The molecule has 1 saturated carbocycles. The monoisotopic (exact) mass is 375 g/mol. The van der Waals surface area contributed by atoms with Crippen LogP contribution in [0.5, 0.6) is 0 Å². The number of hydrogen-bond donors (Lipinski definition) is 0. The molecule has 0 N–H and O–H groups in total. The second-order valence-electron chi connectivity index (χ2n) is 8.29. The Morgan fingerprint density at radius 3 is 2.56 bits per heavy atom. The van der Waals surface area contributed by atoms with Crippen LogP contribution in [0.4, 0.5) is 14.5 Å². The first kappa shape index (κ1) is 17.1. The number of halogens is 2. The summed E-state index contributed by atoms with van der Waals surface area (Å²) in [6.07, 6.45) is 2.21. The fourth-order valence-electron chi connectivity index (χ4n) is 4.64. The Hall–Kier alpha value is -2.02. The minimum absolute atomic E-state index is 0.143. The van der Waals surface area contributed by atoms with Gasteiger partial charge in [0.2, 0.25) is 11.8 Å². The van der Waals surface area contributed by atoms with Crippen LogP contribution in [0.1, 0.15) is 24.8 Å². The average molecular weight is 375 g/mol. The third-order valence-electron chi connectivity index (χ3n) is 6.31. The lowest BCUT2D eigenvalue weighted by molar-refractivity contribution is -0.141. The molecule has 3 fully saturated rings. The Kier molecular flexibility index (Phi) is 3.79. The molecule has 1 aromatic carbocycles. The van der Waals surface area contributed by atoms with Crippen LogP contribution in [0.25, 0.3) is 0 Å². The molecule has 0 bridgehead atoms. The SMILES string of the molecule is O=C(C1CC1)N1CC(N2CC(F)(F)CC2C(=O)N2CCc3ccccc32)C1. The van der Waals surface area contributed by atoms with E-state index in [-0.39, 0.29) is 23.8 Å². The van der Waals surface area contributed by atoms with E-state index in [1.54, 1.807) is 14.7 Å². The molecule has 2 saturated heterocycles. The van der Waals surface area contributed by atoms with E-state index < -0.39 is 24.9 Å². The predicted octanol–water partition coefficient (Wildman–Crippen LogP) is 1.91. The first-order chi connectivity index (χ1) is 12.9. The van der Waals surface area contributed by atoms with Gasteiger partial charge in [0.15, 0.2) is 0 Å². The molecule has 0 aromatic heterocycles. The summed E-state index contributed by atoms with van der Waals surface area (Å²) < 4.78 is 28.4. The van der Waals surface area contributed by atoms with Gasteiger partial charge in [-0.3, -0.25) is 14.5 Å². The molecule has 1 aromatic rings. The van der Waals surface area contributed by atoms with E-state index in [4.69, 9.17) is 0 Å². The van der Waals surface area contributed by atoms with Crippen LogP contribution in [0.3, 0.4) is 0 Å². The van der Waals surface area contributed by atoms with Crippen LogP contribution in [0.2, 0.25) is 0 Å². The Labute approximate surface area is 156 Å². The van der Waals surface area contributed by atoms with Crippen molar-refractivity contribution in [3.8, 4) is 0 Å². The van der Waals surface area contributed by atoms with Gasteiger partial charge in [0.1, 0.15) is 0 Å². The summed E-state index contributed by atoms with van der Waals surface area (Å²) in [6, 6.07) is 6.72. The summed E-state index contributed by atoms with van der Waals surface area (Å²) >= 11 is 0. The van der Waals surface area contributed by atoms with Crippen LogP contribution in [0.15, 0.2) is 24.3 Å². The van der Waals surface area contributed by atoms with Crippen molar-refractivity contribution in [3.63, 3.8) is 0 Å². The minimum atomic E-state index is -2.86. The molecular formula is C20H23F2N3O2. The second kappa shape index (κ2) is 5.99. The minimum Gasteiger partial charge on any atom is -0.339 e. The van der Waals surface area contributed by atoms with Gasteiger partial charge in [0.05, 0.1) is 12.6 Å². The molecule has 0 spiro atoms. The van der Waals surface area contributed by atoms with E-state index in [2.05, 4.69) is 0 Å². The topological polar surface area (TPSA) is 43.9 Å². The Bertz CT molecular complexity index is 789. The number of alkyl halides is 2. The molecule has 0 radical (unpaired) electrons. The smallest absolute Gasteiger partial charge is 0.262 e. The van der Waals surface area contributed by atoms with E-state index in [1.807, 2.05) is 24.3 Å². The van der Waals surface area contributed by atoms with Gasteiger partial charge in [0.25, 0.3) is 5.92 Å². The van der Waals surface area contributed by atoms with Gasteiger partial charge >= 0.3 is 0 Å². The van der Waals surface area contributed by atoms with Crippen molar-refractivity contribution in [1.29, 1.82) is 0 Å². The summed E-state index contributed by atoms with van der Waals surface area (Å²) in [7, 11) is 0. The molecule has 2 amide bonds. The molecule has 3 heterocycles. The standard InChI is InChI=1S/C20H23F2N3O2/c21-20(22)9-17(19(27)24-8-7-13-3-1-2-4-16(13)24)25(12-20)15-10-23(11-15)18(26)14-5-6-14/h1-4,14-15,17H,5-12H2. The third-order valence-corrected chi connectivity index (χ3v) is 6.31. The van der Waals surface area contributed by atoms with Crippen LogP contribution in [-0.4, -0.2) is 65.8 Å². The van der Waals surface area contributed by atoms with E-state index in [0.717, 1.165) is 30.5 Å². The van der Waals surface area contributed by atoms with E-state index in [9.17, 15) is 18.4 Å². The Morgan fingerprint density at radius 1 is 1.07 bits per heavy atom. The van der Waals surface area contributed by atoms with E-state index in [1.165, 1.54) is 0 Å². The summed E-state index contributed by atoms with van der Waals surface area (Å²) in [4.78, 5) is 30.4. The molecule has 5 rings (SSSR count). The molecule has 1 atom stereocenters. The first-order valence-electron chi connectivity index (χ1n) is 9.74. The number of hydrogen-bond acceptors (Lipinski definition) is 3. The zero-order valence-corrected chi connectivity index (χ0v) is 15.1. The number of para-hydroxylation sites is 1. The van der Waals surface area contributed by atoms with Crippen LogP contribution < -0.4 is 4.90 Å². The zero-order valence-electron chi connectivity index (χ0n) is 15.1. The summed E-state index contributed by atoms with van der Waals surface area (Å²) in [6.45, 7) is 1.08. The number of amides is 2. The van der Waals surface area contributed by atoms with Crippen molar-refractivity contribution >= 4 is 17.5 Å². The highest BCUT2D eigenvalue weighted by atomic mass is 19.3. The van der Waals surface area contributed by atoms with Crippen molar-refractivity contribution < 1.29 is 18.4 Å². The van der Waals surface area contributed by atoms with Gasteiger partial charge in [-0.15, -0.1) is 0 Å². The molecule has 1 unspecified atom stereocenters. The lowest BCUT2D eigenvalue weighted by Crippen LogP contribution is -2.64. The van der Waals surface area contributed by atoms with E-state index >= 15 is 0 Å². The number of likely N-dealkylation sites (tertiary alicyclic amines) is 2. The number of benzene rings is 1. The normalized spacial score (nSPS) is 27.6. The summed E-state index contributed by atoms with van der Waals surface area (Å²) in [5.41, 5.74) is 1.93. The molecule has 27 heavy (non-hydrogen) atoms. The first-order valence-corrected chi connectivity index (χ1v) is 9.74. The number of carbonyl (C=O) groups is 2.